The van der Waals surface area contributed by atoms with Crippen LogP contribution in [0.3, 0.4) is 0 Å². The largest absolute Gasteiger partial charge is 0.491 e. The molecule has 1 aliphatic heterocycles. The molecule has 0 radical (unpaired) electrons. The maximum atomic E-state index is 5.66. The average Bonchev–Trinajstić information content (AvgIpc) is 2.73. The van der Waals surface area contributed by atoms with E-state index in [4.69, 9.17) is 4.74 Å². The summed E-state index contributed by atoms with van der Waals surface area (Å²) in [6.07, 6.45) is 1.42. The summed E-state index contributed by atoms with van der Waals surface area (Å²) in [4.78, 5) is 2.43. The van der Waals surface area contributed by atoms with Crippen molar-refractivity contribution in [1.29, 1.82) is 0 Å². The third-order valence-corrected chi connectivity index (χ3v) is 3.65. The number of likely N-dealkylation sites (N-methyl/N-ethyl adjacent to an activating group) is 1. The molecule has 0 bridgehead atoms. The molecule has 3 nitrogen and oxygen atoms in total. The Hall–Kier alpha value is -1.22. The first-order valence-electron chi connectivity index (χ1n) is 6.73. The van der Waals surface area contributed by atoms with Crippen molar-refractivity contribution >= 4 is 5.69 Å². The first-order chi connectivity index (χ1) is 8.52. The van der Waals surface area contributed by atoms with Gasteiger partial charge in [0.15, 0.2) is 0 Å². The molecule has 1 saturated heterocycles. The van der Waals surface area contributed by atoms with Crippen LogP contribution in [0.25, 0.3) is 0 Å². The van der Waals surface area contributed by atoms with E-state index in [1.165, 1.54) is 12.1 Å². The Morgan fingerprint density at radius 1 is 1.28 bits per heavy atom. The fourth-order valence-corrected chi connectivity index (χ4v) is 2.39. The van der Waals surface area contributed by atoms with Crippen LogP contribution < -0.4 is 15.0 Å². The molecule has 1 heterocycles. The lowest BCUT2D eigenvalue weighted by atomic mass is 10.0. The number of hydrogen-bond donors (Lipinski definition) is 1. The summed E-state index contributed by atoms with van der Waals surface area (Å²) in [5.74, 6) is 0.948. The zero-order valence-electron chi connectivity index (χ0n) is 11.9. The third-order valence-electron chi connectivity index (χ3n) is 3.65. The fraction of sp³-hybridized carbons (Fsp3) is 0.600. The van der Waals surface area contributed by atoms with Crippen LogP contribution in [0.1, 0.15) is 27.2 Å². The molecule has 0 amide bonds. The molecule has 0 aromatic heterocycles. The molecule has 1 atom stereocenters. The lowest BCUT2D eigenvalue weighted by Crippen LogP contribution is -2.42. The van der Waals surface area contributed by atoms with Gasteiger partial charge in [0.1, 0.15) is 5.75 Å². The van der Waals surface area contributed by atoms with Gasteiger partial charge in [0.05, 0.1) is 6.10 Å². The quantitative estimate of drug-likeness (QED) is 0.886. The third kappa shape index (κ3) is 2.96. The van der Waals surface area contributed by atoms with Crippen molar-refractivity contribution in [3.8, 4) is 5.75 Å². The summed E-state index contributed by atoms with van der Waals surface area (Å²) in [6.45, 7) is 8.55. The van der Waals surface area contributed by atoms with Crippen LogP contribution in [0.4, 0.5) is 5.69 Å². The van der Waals surface area contributed by atoms with Crippen LogP contribution >= 0.6 is 0 Å². The number of hydrogen-bond acceptors (Lipinski definition) is 3. The predicted octanol–water partition coefficient (Wildman–Crippen LogP) is 2.66. The van der Waals surface area contributed by atoms with E-state index in [1.54, 1.807) is 0 Å². The molecule has 1 aromatic rings. The Balaban J connectivity index is 2.02. The zero-order chi connectivity index (χ0) is 13.2. The summed E-state index contributed by atoms with van der Waals surface area (Å²) in [7, 11) is 2.04. The van der Waals surface area contributed by atoms with E-state index in [0.717, 1.165) is 18.8 Å². The van der Waals surface area contributed by atoms with Crippen LogP contribution in [0.15, 0.2) is 24.3 Å². The van der Waals surface area contributed by atoms with Crippen molar-refractivity contribution in [2.75, 3.05) is 25.0 Å². The molecule has 0 spiro atoms. The summed E-state index contributed by atoms with van der Waals surface area (Å²) in [5.41, 5.74) is 1.53. The SMILES string of the molecule is CNC1(C)CCN(c2ccc(OC(C)C)cc2)C1. The summed E-state index contributed by atoms with van der Waals surface area (Å²) in [5, 5.41) is 3.41. The molecule has 2 rings (SSSR count). The lowest BCUT2D eigenvalue weighted by Gasteiger charge is -2.25. The second-order valence-electron chi connectivity index (χ2n) is 5.64. The molecular formula is C15H24N2O. The highest BCUT2D eigenvalue weighted by Gasteiger charge is 2.32. The Labute approximate surface area is 110 Å². The molecule has 18 heavy (non-hydrogen) atoms. The second kappa shape index (κ2) is 5.19. The minimum Gasteiger partial charge on any atom is -0.491 e. The van der Waals surface area contributed by atoms with Crippen LogP contribution in [0.2, 0.25) is 0 Å². The van der Waals surface area contributed by atoms with Crippen molar-refractivity contribution < 1.29 is 4.74 Å². The first kappa shape index (κ1) is 13.2. The van der Waals surface area contributed by atoms with Crippen molar-refractivity contribution in [1.82, 2.24) is 5.32 Å². The smallest absolute Gasteiger partial charge is 0.119 e. The minimum absolute atomic E-state index is 0.232. The number of nitrogens with one attached hydrogen (secondary N) is 1. The van der Waals surface area contributed by atoms with Gasteiger partial charge >= 0.3 is 0 Å². The molecule has 1 unspecified atom stereocenters. The maximum absolute atomic E-state index is 5.66. The topological polar surface area (TPSA) is 24.5 Å². The van der Waals surface area contributed by atoms with Gasteiger partial charge in [0.25, 0.3) is 0 Å². The summed E-state index contributed by atoms with van der Waals surface area (Å²) >= 11 is 0. The Bertz CT molecular complexity index is 388. The predicted molar refractivity (Wildman–Crippen MR) is 76.5 cm³/mol. The first-order valence-corrected chi connectivity index (χ1v) is 6.73. The molecule has 1 aromatic carbocycles. The van der Waals surface area contributed by atoms with Crippen LogP contribution in [0, 0.1) is 0 Å². The number of rotatable bonds is 4. The van der Waals surface area contributed by atoms with Gasteiger partial charge in [-0.2, -0.15) is 0 Å². The Morgan fingerprint density at radius 3 is 2.44 bits per heavy atom. The number of ether oxygens (including phenoxy) is 1. The number of anilines is 1. The van der Waals surface area contributed by atoms with E-state index < -0.39 is 0 Å². The van der Waals surface area contributed by atoms with E-state index in [1.807, 2.05) is 20.9 Å². The fourth-order valence-electron chi connectivity index (χ4n) is 2.39. The van der Waals surface area contributed by atoms with E-state index in [-0.39, 0.29) is 11.6 Å². The van der Waals surface area contributed by atoms with Crippen molar-refractivity contribution in [3.63, 3.8) is 0 Å². The van der Waals surface area contributed by atoms with Crippen LogP contribution in [-0.2, 0) is 0 Å². The van der Waals surface area contributed by atoms with Gasteiger partial charge in [-0.1, -0.05) is 0 Å². The lowest BCUT2D eigenvalue weighted by molar-refractivity contribution is 0.242. The standard InChI is InChI=1S/C15H24N2O/c1-12(2)18-14-7-5-13(6-8-14)17-10-9-15(3,11-17)16-4/h5-8,12,16H,9-11H2,1-4H3. The van der Waals surface area contributed by atoms with E-state index in [2.05, 4.69) is 41.4 Å². The maximum Gasteiger partial charge on any atom is 0.119 e. The van der Waals surface area contributed by atoms with E-state index >= 15 is 0 Å². The van der Waals surface area contributed by atoms with E-state index in [9.17, 15) is 0 Å². The van der Waals surface area contributed by atoms with Gasteiger partial charge in [-0.25, -0.2) is 0 Å². The van der Waals surface area contributed by atoms with Crippen molar-refractivity contribution in [2.24, 2.45) is 0 Å². The molecule has 1 N–H and O–H groups in total. The normalized spacial score (nSPS) is 23.7. The van der Waals surface area contributed by atoms with Gasteiger partial charge in [0.2, 0.25) is 0 Å². The molecule has 1 aliphatic rings. The number of nitrogens with zero attached hydrogens (tertiary/aromatic N) is 1. The highest BCUT2D eigenvalue weighted by Crippen LogP contribution is 2.27. The Kier molecular flexibility index (Phi) is 3.81. The highest BCUT2D eigenvalue weighted by atomic mass is 16.5. The van der Waals surface area contributed by atoms with E-state index in [0.29, 0.717) is 0 Å². The Morgan fingerprint density at radius 2 is 1.94 bits per heavy atom. The minimum atomic E-state index is 0.232. The van der Waals surface area contributed by atoms with Gasteiger partial charge in [-0.05, 0) is 58.5 Å². The molecule has 1 fully saturated rings. The molecule has 3 heteroatoms. The van der Waals surface area contributed by atoms with Gasteiger partial charge in [-0.15, -0.1) is 0 Å². The zero-order valence-corrected chi connectivity index (χ0v) is 11.9. The average molecular weight is 248 g/mol. The molecular weight excluding hydrogens is 224 g/mol. The van der Waals surface area contributed by atoms with Crippen molar-refractivity contribution in [2.45, 2.75) is 38.8 Å². The second-order valence-corrected chi connectivity index (χ2v) is 5.64. The summed E-state index contributed by atoms with van der Waals surface area (Å²) in [6, 6.07) is 8.42. The van der Waals surface area contributed by atoms with Crippen LogP contribution in [-0.4, -0.2) is 31.8 Å². The van der Waals surface area contributed by atoms with Gasteiger partial charge in [-0.3, -0.25) is 0 Å². The summed E-state index contributed by atoms with van der Waals surface area (Å²) < 4.78 is 5.66. The monoisotopic (exact) mass is 248 g/mol. The van der Waals surface area contributed by atoms with Crippen molar-refractivity contribution in [3.05, 3.63) is 24.3 Å². The molecule has 0 aliphatic carbocycles. The van der Waals surface area contributed by atoms with Crippen LogP contribution in [0.5, 0.6) is 5.75 Å². The number of benzene rings is 1. The van der Waals surface area contributed by atoms with Gasteiger partial charge in [0, 0.05) is 24.3 Å². The molecule has 100 valence electrons. The molecule has 0 saturated carbocycles. The highest BCUT2D eigenvalue weighted by molar-refractivity contribution is 5.50. The van der Waals surface area contributed by atoms with Gasteiger partial charge < -0.3 is 15.0 Å².